The van der Waals surface area contributed by atoms with Gasteiger partial charge in [0.05, 0.1) is 20.8 Å². The third-order valence-corrected chi connectivity index (χ3v) is 5.79. The molecule has 0 saturated carbocycles. The summed E-state index contributed by atoms with van der Waals surface area (Å²) >= 11 is 0. The van der Waals surface area contributed by atoms with E-state index < -0.39 is 0 Å². The van der Waals surface area contributed by atoms with Crippen LogP contribution in [0.5, 0.6) is 11.5 Å². The Morgan fingerprint density at radius 3 is 2.50 bits per heavy atom. The van der Waals surface area contributed by atoms with Crippen molar-refractivity contribution in [2.45, 2.75) is 13.1 Å². The summed E-state index contributed by atoms with van der Waals surface area (Å²) < 4.78 is 10.9. The molecule has 2 N–H and O–H groups in total. The number of fused-ring (bicyclic) bond motifs is 1. The lowest BCUT2D eigenvalue weighted by Gasteiger charge is -2.36. The molecule has 2 heterocycles. The van der Waals surface area contributed by atoms with Crippen LogP contribution >= 0.6 is 24.0 Å². The zero-order valence-electron chi connectivity index (χ0n) is 18.9. The molecule has 1 fully saturated rings. The van der Waals surface area contributed by atoms with Crippen LogP contribution in [0.25, 0.3) is 10.9 Å². The molecular formula is C24H32IN5O2. The lowest BCUT2D eigenvalue weighted by molar-refractivity contribution is 0.171. The van der Waals surface area contributed by atoms with Crippen molar-refractivity contribution in [3.05, 3.63) is 59.8 Å². The Morgan fingerprint density at radius 2 is 1.81 bits per heavy atom. The van der Waals surface area contributed by atoms with Crippen LogP contribution in [0.15, 0.2) is 53.5 Å². The van der Waals surface area contributed by atoms with E-state index >= 15 is 0 Å². The molecule has 1 saturated heterocycles. The van der Waals surface area contributed by atoms with Gasteiger partial charge in [-0.25, -0.2) is 0 Å². The van der Waals surface area contributed by atoms with Gasteiger partial charge in [0.2, 0.25) is 0 Å². The lowest BCUT2D eigenvalue weighted by atomic mass is 10.1. The highest BCUT2D eigenvalue weighted by molar-refractivity contribution is 14.0. The largest absolute Gasteiger partial charge is 0.497 e. The minimum Gasteiger partial charge on any atom is -0.497 e. The third-order valence-electron chi connectivity index (χ3n) is 5.79. The number of guanidine groups is 1. The van der Waals surface area contributed by atoms with E-state index in [9.17, 15) is 0 Å². The van der Waals surface area contributed by atoms with Gasteiger partial charge in [0, 0.05) is 56.5 Å². The molecule has 172 valence electrons. The van der Waals surface area contributed by atoms with Crippen molar-refractivity contribution in [1.29, 1.82) is 0 Å². The second-order valence-electron chi connectivity index (χ2n) is 7.72. The maximum Gasteiger partial charge on any atom is 0.194 e. The summed E-state index contributed by atoms with van der Waals surface area (Å²) in [5.41, 5.74) is 3.47. The number of methoxy groups -OCH3 is 2. The van der Waals surface area contributed by atoms with Gasteiger partial charge in [-0.05, 0) is 35.7 Å². The Balaban J connectivity index is 0.00000289. The molecule has 0 spiro atoms. The van der Waals surface area contributed by atoms with Crippen molar-refractivity contribution in [1.82, 2.24) is 20.1 Å². The van der Waals surface area contributed by atoms with Crippen molar-refractivity contribution in [2.24, 2.45) is 4.99 Å². The minimum atomic E-state index is 0. The summed E-state index contributed by atoms with van der Waals surface area (Å²) in [5, 5.41) is 4.74. The van der Waals surface area contributed by atoms with Gasteiger partial charge in [-0.15, -0.1) is 24.0 Å². The number of rotatable bonds is 6. The minimum absolute atomic E-state index is 0. The predicted molar refractivity (Wildman–Crippen MR) is 140 cm³/mol. The molecule has 3 aromatic rings. The van der Waals surface area contributed by atoms with Gasteiger partial charge in [-0.1, -0.05) is 18.2 Å². The van der Waals surface area contributed by atoms with Gasteiger partial charge in [0.15, 0.2) is 5.96 Å². The van der Waals surface area contributed by atoms with Gasteiger partial charge < -0.3 is 24.7 Å². The molecule has 1 aliphatic rings. The number of aromatic nitrogens is 1. The molecule has 1 aromatic heterocycles. The zero-order chi connectivity index (χ0) is 21.6. The Labute approximate surface area is 206 Å². The monoisotopic (exact) mass is 549 g/mol. The maximum atomic E-state index is 5.53. The summed E-state index contributed by atoms with van der Waals surface area (Å²) in [6.45, 7) is 5.36. The van der Waals surface area contributed by atoms with Crippen LogP contribution in [0.2, 0.25) is 0 Å². The molecule has 1 aliphatic heterocycles. The van der Waals surface area contributed by atoms with Crippen LogP contribution in [0.3, 0.4) is 0 Å². The van der Waals surface area contributed by atoms with Gasteiger partial charge in [-0.2, -0.15) is 0 Å². The van der Waals surface area contributed by atoms with E-state index in [1.54, 1.807) is 14.2 Å². The fourth-order valence-electron chi connectivity index (χ4n) is 4.10. The van der Waals surface area contributed by atoms with Crippen molar-refractivity contribution >= 4 is 40.8 Å². The van der Waals surface area contributed by atoms with Crippen molar-refractivity contribution in [3.8, 4) is 11.5 Å². The quantitative estimate of drug-likeness (QED) is 0.279. The Kier molecular flexibility index (Phi) is 8.63. The van der Waals surface area contributed by atoms with Crippen LogP contribution in [-0.4, -0.2) is 68.2 Å². The molecule has 0 bridgehead atoms. The van der Waals surface area contributed by atoms with E-state index in [2.05, 4.69) is 61.5 Å². The standard InChI is InChI=1S/C24H31N5O2.HI/c1-25-24(26-16-20-14-18-6-4-5-7-22(18)27-20)29-12-10-28(11-13-29)17-19-15-21(30-2)8-9-23(19)31-3;/h4-9,14-15,27H,10-13,16-17H2,1-3H3,(H,25,26);1H. The molecular weight excluding hydrogens is 517 g/mol. The van der Waals surface area contributed by atoms with Gasteiger partial charge >= 0.3 is 0 Å². The average Bonchev–Trinajstić information content (AvgIpc) is 3.23. The highest BCUT2D eigenvalue weighted by Gasteiger charge is 2.21. The maximum absolute atomic E-state index is 5.53. The summed E-state index contributed by atoms with van der Waals surface area (Å²) in [6.07, 6.45) is 0. The number of nitrogens with zero attached hydrogens (tertiary/aromatic N) is 3. The summed E-state index contributed by atoms with van der Waals surface area (Å²) in [7, 11) is 5.26. The molecule has 0 aliphatic carbocycles. The molecule has 8 heteroatoms. The van der Waals surface area contributed by atoms with Crippen molar-refractivity contribution < 1.29 is 9.47 Å². The molecule has 0 radical (unpaired) electrons. The van der Waals surface area contributed by atoms with Crippen LogP contribution < -0.4 is 14.8 Å². The van der Waals surface area contributed by atoms with E-state index in [4.69, 9.17) is 9.47 Å². The second kappa shape index (κ2) is 11.4. The second-order valence-corrected chi connectivity index (χ2v) is 7.72. The summed E-state index contributed by atoms with van der Waals surface area (Å²) in [5.74, 6) is 2.70. The fraction of sp³-hybridized carbons (Fsp3) is 0.375. The first-order chi connectivity index (χ1) is 15.2. The number of para-hydroxylation sites is 1. The third kappa shape index (κ3) is 5.66. The number of benzene rings is 2. The van der Waals surface area contributed by atoms with Gasteiger partial charge in [0.1, 0.15) is 11.5 Å². The lowest BCUT2D eigenvalue weighted by Crippen LogP contribution is -2.52. The van der Waals surface area contributed by atoms with E-state index in [1.807, 2.05) is 19.2 Å². The number of ether oxygens (including phenoxy) is 2. The van der Waals surface area contributed by atoms with E-state index in [1.165, 1.54) is 5.39 Å². The van der Waals surface area contributed by atoms with Crippen molar-refractivity contribution in [3.63, 3.8) is 0 Å². The first-order valence-electron chi connectivity index (χ1n) is 10.7. The van der Waals surface area contributed by atoms with Crippen molar-refractivity contribution in [2.75, 3.05) is 47.4 Å². The van der Waals surface area contributed by atoms with Crippen LogP contribution in [0.1, 0.15) is 11.3 Å². The highest BCUT2D eigenvalue weighted by Crippen LogP contribution is 2.25. The molecule has 2 aromatic carbocycles. The molecule has 32 heavy (non-hydrogen) atoms. The Morgan fingerprint density at radius 1 is 1.03 bits per heavy atom. The average molecular weight is 549 g/mol. The summed E-state index contributed by atoms with van der Waals surface area (Å²) in [6, 6.07) is 16.5. The molecule has 7 nitrogen and oxygen atoms in total. The van der Waals surface area contributed by atoms with Gasteiger partial charge in [-0.3, -0.25) is 9.89 Å². The number of piperazine rings is 1. The molecule has 0 atom stereocenters. The van der Waals surface area contributed by atoms with Crippen LogP contribution in [-0.2, 0) is 13.1 Å². The van der Waals surface area contributed by atoms with Gasteiger partial charge in [0.25, 0.3) is 0 Å². The number of hydrogen-bond acceptors (Lipinski definition) is 4. The number of hydrogen-bond donors (Lipinski definition) is 2. The van der Waals surface area contributed by atoms with Crippen LogP contribution in [0.4, 0.5) is 0 Å². The SMILES string of the molecule is CN=C(NCc1cc2ccccc2[nH]1)N1CCN(Cc2cc(OC)ccc2OC)CC1.I. The zero-order valence-corrected chi connectivity index (χ0v) is 21.3. The van der Waals surface area contributed by atoms with Crippen LogP contribution in [0, 0.1) is 0 Å². The van der Waals surface area contributed by atoms with E-state index in [0.717, 1.165) is 73.5 Å². The van der Waals surface area contributed by atoms with E-state index in [-0.39, 0.29) is 24.0 Å². The topological polar surface area (TPSA) is 65.1 Å². The highest BCUT2D eigenvalue weighted by atomic mass is 127. The number of aromatic amines is 1. The normalized spacial score (nSPS) is 14.8. The smallest absolute Gasteiger partial charge is 0.194 e. The number of H-pyrrole nitrogens is 1. The fourth-order valence-corrected chi connectivity index (χ4v) is 4.10. The summed E-state index contributed by atoms with van der Waals surface area (Å²) in [4.78, 5) is 12.7. The Bertz CT molecular complexity index is 1010. The molecule has 4 rings (SSSR count). The molecule has 0 unspecified atom stereocenters. The Hall–Kier alpha value is -2.46. The van der Waals surface area contributed by atoms with E-state index in [0.29, 0.717) is 0 Å². The predicted octanol–water partition coefficient (Wildman–Crippen LogP) is 3.70. The number of aliphatic imine (C=N–C) groups is 1. The number of nitrogens with one attached hydrogen (secondary N) is 2. The first kappa shape index (κ1) is 24.2. The number of halogens is 1. The first-order valence-corrected chi connectivity index (χ1v) is 10.7. The molecule has 0 amide bonds.